The van der Waals surface area contributed by atoms with Gasteiger partial charge in [-0.1, -0.05) is 16.8 Å². The highest BCUT2D eigenvalue weighted by molar-refractivity contribution is 6.30. The molecule has 7 nitrogen and oxygen atoms in total. The SMILES string of the molecule is O=C1NC2C=C(N=CN2)c2cc(Cl)ccc2-n2cc1nn2. The second kappa shape index (κ2) is 4.42. The van der Waals surface area contributed by atoms with Crippen LogP contribution in [0.3, 0.4) is 0 Å². The monoisotopic (exact) mass is 300 g/mol. The number of rotatable bonds is 0. The zero-order chi connectivity index (χ0) is 14.4. The van der Waals surface area contributed by atoms with Crippen molar-refractivity contribution in [2.75, 3.05) is 0 Å². The van der Waals surface area contributed by atoms with Crippen LogP contribution in [0.1, 0.15) is 16.1 Å². The summed E-state index contributed by atoms with van der Waals surface area (Å²) in [6.45, 7) is 0. The van der Waals surface area contributed by atoms with E-state index in [4.69, 9.17) is 11.6 Å². The van der Waals surface area contributed by atoms with E-state index in [-0.39, 0.29) is 17.8 Å². The molecule has 0 fully saturated rings. The Hall–Kier alpha value is -2.67. The Morgan fingerprint density at radius 1 is 1.33 bits per heavy atom. The Labute approximate surface area is 124 Å². The van der Waals surface area contributed by atoms with Crippen molar-refractivity contribution in [3.05, 3.63) is 46.8 Å². The lowest BCUT2D eigenvalue weighted by Crippen LogP contribution is -2.45. The molecule has 2 aliphatic rings. The zero-order valence-electron chi connectivity index (χ0n) is 10.6. The molecule has 4 bridgehead atoms. The van der Waals surface area contributed by atoms with E-state index >= 15 is 0 Å². The number of nitrogens with zero attached hydrogens (tertiary/aromatic N) is 4. The van der Waals surface area contributed by atoms with Crippen molar-refractivity contribution in [2.24, 2.45) is 4.99 Å². The van der Waals surface area contributed by atoms with Crippen molar-refractivity contribution in [1.82, 2.24) is 25.6 Å². The Morgan fingerprint density at radius 2 is 2.24 bits per heavy atom. The van der Waals surface area contributed by atoms with Gasteiger partial charge in [-0.15, -0.1) is 5.10 Å². The minimum absolute atomic E-state index is 0.247. The summed E-state index contributed by atoms with van der Waals surface area (Å²) in [5, 5.41) is 14.2. The van der Waals surface area contributed by atoms with Crippen molar-refractivity contribution in [3.8, 4) is 5.69 Å². The highest BCUT2D eigenvalue weighted by Gasteiger charge is 2.22. The molecule has 1 atom stereocenters. The van der Waals surface area contributed by atoms with E-state index in [9.17, 15) is 4.79 Å². The molecule has 1 amide bonds. The van der Waals surface area contributed by atoms with Crippen LogP contribution in [-0.2, 0) is 0 Å². The minimum atomic E-state index is -0.361. The Balaban J connectivity index is 2.00. The highest BCUT2D eigenvalue weighted by atomic mass is 35.5. The van der Waals surface area contributed by atoms with Gasteiger partial charge in [-0.2, -0.15) is 0 Å². The highest BCUT2D eigenvalue weighted by Crippen LogP contribution is 2.28. The number of carbonyl (C=O) groups is 1. The van der Waals surface area contributed by atoms with Crippen LogP contribution < -0.4 is 10.6 Å². The number of amides is 1. The van der Waals surface area contributed by atoms with Crippen LogP contribution in [0, 0.1) is 0 Å². The summed E-state index contributed by atoms with van der Waals surface area (Å²) in [6, 6.07) is 5.40. The standard InChI is InChI=1S/C13H9ClN6O/c14-7-1-2-11-8(3-7)9-4-12(16-6-15-9)17-13(21)10-5-20(11)19-18-10/h1-6,12H,(H,15,16)(H,17,21). The van der Waals surface area contributed by atoms with Crippen LogP contribution in [0.2, 0.25) is 5.02 Å². The Morgan fingerprint density at radius 3 is 3.14 bits per heavy atom. The fraction of sp³-hybridized carbons (Fsp3) is 0.0769. The van der Waals surface area contributed by atoms with Gasteiger partial charge in [0.05, 0.1) is 23.9 Å². The molecule has 104 valence electrons. The van der Waals surface area contributed by atoms with Gasteiger partial charge in [-0.25, -0.2) is 9.67 Å². The molecule has 0 spiro atoms. The molecule has 1 unspecified atom stereocenters. The number of hydrogen-bond acceptors (Lipinski definition) is 5. The van der Waals surface area contributed by atoms with Crippen LogP contribution in [0.25, 0.3) is 11.4 Å². The quantitative estimate of drug-likeness (QED) is 0.759. The molecular formula is C13H9ClN6O. The normalized spacial score (nSPS) is 19.2. The second-order valence-corrected chi connectivity index (χ2v) is 5.07. The number of carbonyl (C=O) groups excluding carboxylic acids is 1. The average Bonchev–Trinajstić information content (AvgIpc) is 2.96. The molecular weight excluding hydrogens is 292 g/mol. The number of aliphatic imine (C=N–C) groups is 1. The van der Waals surface area contributed by atoms with Crippen molar-refractivity contribution in [2.45, 2.75) is 6.17 Å². The van der Waals surface area contributed by atoms with Gasteiger partial charge >= 0.3 is 0 Å². The van der Waals surface area contributed by atoms with Gasteiger partial charge in [0.2, 0.25) is 0 Å². The van der Waals surface area contributed by atoms with E-state index in [2.05, 4.69) is 25.9 Å². The van der Waals surface area contributed by atoms with E-state index in [0.29, 0.717) is 10.7 Å². The third-order valence-electron chi connectivity index (χ3n) is 3.28. The summed E-state index contributed by atoms with van der Waals surface area (Å²) >= 11 is 6.09. The molecule has 21 heavy (non-hydrogen) atoms. The lowest BCUT2D eigenvalue weighted by Gasteiger charge is -2.21. The molecule has 0 aliphatic carbocycles. The first-order valence-corrected chi connectivity index (χ1v) is 6.62. The molecule has 2 N–H and O–H groups in total. The number of aromatic nitrogens is 3. The molecule has 4 rings (SSSR count). The average molecular weight is 301 g/mol. The van der Waals surface area contributed by atoms with E-state index in [1.807, 2.05) is 18.2 Å². The molecule has 8 heteroatoms. The molecule has 0 radical (unpaired) electrons. The van der Waals surface area contributed by atoms with Gasteiger partial charge < -0.3 is 10.6 Å². The molecule has 1 aromatic carbocycles. The lowest BCUT2D eigenvalue weighted by atomic mass is 10.1. The third-order valence-corrected chi connectivity index (χ3v) is 3.51. The maximum absolute atomic E-state index is 12.1. The summed E-state index contributed by atoms with van der Waals surface area (Å²) in [4.78, 5) is 16.4. The second-order valence-electron chi connectivity index (χ2n) is 4.64. The predicted molar refractivity (Wildman–Crippen MR) is 77.2 cm³/mol. The van der Waals surface area contributed by atoms with Crippen LogP contribution in [0.5, 0.6) is 0 Å². The molecule has 3 heterocycles. The summed E-state index contributed by atoms with van der Waals surface area (Å²) in [5.74, 6) is -0.304. The van der Waals surface area contributed by atoms with E-state index in [1.165, 1.54) is 0 Å². The van der Waals surface area contributed by atoms with Gasteiger partial charge in [0.1, 0.15) is 6.17 Å². The Kier molecular flexibility index (Phi) is 2.55. The first-order chi connectivity index (χ1) is 10.2. The van der Waals surface area contributed by atoms with Crippen molar-refractivity contribution in [3.63, 3.8) is 0 Å². The van der Waals surface area contributed by atoms with Crippen LogP contribution >= 0.6 is 11.6 Å². The van der Waals surface area contributed by atoms with Crippen molar-refractivity contribution < 1.29 is 4.79 Å². The van der Waals surface area contributed by atoms with Crippen molar-refractivity contribution >= 4 is 29.5 Å². The van der Waals surface area contributed by atoms with E-state index in [0.717, 1.165) is 11.3 Å². The fourth-order valence-electron chi connectivity index (χ4n) is 2.29. The summed E-state index contributed by atoms with van der Waals surface area (Å²) in [7, 11) is 0. The van der Waals surface area contributed by atoms with Gasteiger partial charge in [0.15, 0.2) is 5.69 Å². The lowest BCUT2D eigenvalue weighted by molar-refractivity contribution is 0.0937. The topological polar surface area (TPSA) is 84.2 Å². The van der Waals surface area contributed by atoms with Crippen LogP contribution in [-0.4, -0.2) is 33.4 Å². The maximum atomic E-state index is 12.1. The first-order valence-electron chi connectivity index (χ1n) is 6.25. The van der Waals surface area contributed by atoms with Crippen LogP contribution in [0.4, 0.5) is 0 Å². The van der Waals surface area contributed by atoms with Crippen LogP contribution in [0.15, 0.2) is 35.5 Å². The van der Waals surface area contributed by atoms with E-state index < -0.39 is 0 Å². The summed E-state index contributed by atoms with van der Waals surface area (Å²) < 4.78 is 1.54. The van der Waals surface area contributed by atoms with E-state index in [1.54, 1.807) is 23.3 Å². The summed E-state index contributed by atoms with van der Waals surface area (Å²) in [6.07, 6.45) is 4.58. The Bertz CT molecular complexity index is 809. The predicted octanol–water partition coefficient (Wildman–Crippen LogP) is 0.963. The maximum Gasteiger partial charge on any atom is 0.275 e. The number of fused-ring (bicyclic) bond motifs is 6. The molecule has 1 aromatic heterocycles. The first kappa shape index (κ1) is 12.1. The number of halogens is 1. The summed E-state index contributed by atoms with van der Waals surface area (Å²) in [5.41, 5.74) is 2.53. The number of benzene rings is 1. The minimum Gasteiger partial charge on any atom is -0.353 e. The zero-order valence-corrected chi connectivity index (χ0v) is 11.4. The largest absolute Gasteiger partial charge is 0.353 e. The molecule has 2 aliphatic heterocycles. The molecule has 2 aromatic rings. The fourth-order valence-corrected chi connectivity index (χ4v) is 2.46. The molecule has 0 saturated carbocycles. The van der Waals surface area contributed by atoms with Gasteiger partial charge in [0.25, 0.3) is 5.91 Å². The third kappa shape index (κ3) is 1.98. The number of nitrogens with one attached hydrogen (secondary N) is 2. The van der Waals surface area contributed by atoms with Gasteiger partial charge in [0, 0.05) is 10.6 Å². The van der Waals surface area contributed by atoms with Gasteiger partial charge in [-0.05, 0) is 24.3 Å². The van der Waals surface area contributed by atoms with Crippen molar-refractivity contribution in [1.29, 1.82) is 0 Å². The molecule has 0 saturated heterocycles. The van der Waals surface area contributed by atoms with Gasteiger partial charge in [-0.3, -0.25) is 4.79 Å². The number of hydrogen-bond donors (Lipinski definition) is 2. The smallest absolute Gasteiger partial charge is 0.275 e.